The fourth-order valence-electron chi connectivity index (χ4n) is 5.94. The predicted octanol–water partition coefficient (Wildman–Crippen LogP) is 7.70. The van der Waals surface area contributed by atoms with Gasteiger partial charge >= 0.3 is 45.9 Å². The fourth-order valence-corrected chi connectivity index (χ4v) is 24.9. The van der Waals surface area contributed by atoms with E-state index in [0.717, 1.165) is 0 Å². The lowest BCUT2D eigenvalue weighted by Crippen LogP contribution is -2.39. The Labute approximate surface area is 587 Å². The second-order valence-electron chi connectivity index (χ2n) is 24.2. The first-order valence-corrected chi connectivity index (χ1v) is 44.9. The Morgan fingerprint density at radius 2 is 0.583 bits per heavy atom. The van der Waals surface area contributed by atoms with E-state index in [0.29, 0.717) is 19.1 Å². The normalized spacial score (nSPS) is 14.5. The molecule has 103 heavy (non-hydrogen) atoms. The van der Waals surface area contributed by atoms with Crippen LogP contribution >= 0.6 is 0 Å². The number of carbonyl (C=O) groups excluding carboxylic acids is 4. The largest absolute Gasteiger partial charge is 0.496 e. The van der Waals surface area contributed by atoms with Gasteiger partial charge in [0, 0.05) is 56.9 Å². The average molecular weight is 1740 g/mol. The van der Waals surface area contributed by atoms with E-state index >= 15 is 0 Å². The van der Waals surface area contributed by atoms with Crippen molar-refractivity contribution in [2.45, 2.75) is 175 Å². The molecule has 0 aliphatic rings. The smallest absolute Gasteiger partial charge is 0.470 e. The summed E-state index contributed by atoms with van der Waals surface area (Å²) in [6.45, 7) is 14.8. The van der Waals surface area contributed by atoms with Crippen molar-refractivity contribution in [2.24, 2.45) is 21.7 Å². The number of hydrogen-bond acceptors (Lipinski definition) is 28. The van der Waals surface area contributed by atoms with Crippen LogP contribution in [0, 0.1) is 38.7 Å². The molecule has 0 saturated carbocycles. The van der Waals surface area contributed by atoms with Crippen LogP contribution in [0.5, 0.6) is 0 Å². The average Bonchev–Trinajstić information content (AvgIpc) is 0.762. The molecule has 0 atom stereocenters. The van der Waals surface area contributed by atoms with E-state index in [2.05, 4.69) is 14.2 Å². The summed E-state index contributed by atoms with van der Waals surface area (Å²) >= 11 is 0. The minimum atomic E-state index is -6.70. The first-order valence-electron chi connectivity index (χ1n) is 28.1. The summed E-state index contributed by atoms with van der Waals surface area (Å²) in [5.74, 6) is -15.0. The fraction of sp³-hybridized carbons (Fsp3) is 0.837. The SMILES string of the molecule is CCC(C)(C)C(=O)OCCC(F)(F)CC(F)(F)C[C-](S(C)(=O)=O)S(=O)(=O)C(F)(F)F.CCC(C)(C)C(=O)OCCCCS(=O)(=O)[C-](S(C)(=O)=O)S(=O)(=O)C(F)(F)F.CCC(C)(C)C(=O)OCCS(=O)(=O)[C-](S(C)(=O)=O)S(=O)(=O)C(F)(F)F.CCC(C)(C)C(=O)OC[C-](S(C)(=O)=O)S(=O)(=O)C(F)(F)F. The van der Waals surface area contributed by atoms with Gasteiger partial charge < -0.3 is 18.9 Å². The van der Waals surface area contributed by atoms with E-state index < -0.39 is 252 Å². The molecule has 0 fully saturated rings. The maximum Gasteiger partial charge on any atom is 0.470 e. The molecule has 0 aromatic rings. The molecule has 0 N–H and O–H groups in total. The lowest BCUT2D eigenvalue weighted by molar-refractivity contribution is -0.159. The van der Waals surface area contributed by atoms with E-state index in [-0.39, 0.29) is 44.6 Å². The molecular weight excluding hydrogens is 1660 g/mol. The van der Waals surface area contributed by atoms with Gasteiger partial charge in [0.2, 0.25) is 5.92 Å². The van der Waals surface area contributed by atoms with Gasteiger partial charge in [-0.05, 0) is 105 Å². The van der Waals surface area contributed by atoms with Gasteiger partial charge in [0.25, 0.3) is 5.92 Å². The number of alkyl halides is 16. The zero-order chi connectivity index (χ0) is 84.1. The molecule has 0 aliphatic carbocycles. The van der Waals surface area contributed by atoms with Gasteiger partial charge in [-0.15, -0.1) is 0 Å². The summed E-state index contributed by atoms with van der Waals surface area (Å²) < 4.78 is 444. The van der Waals surface area contributed by atoms with Crippen LogP contribution in [0.25, 0.3) is 0 Å². The number of ether oxygens (including phenoxy) is 4. The molecular formula is C49H78F16O28S10-4. The standard InChI is InChI=1S/C15H22F7O6S2.C13H22F3O8S3.C11H18F3O8S3.C10H16F3O6S2/c1-5-12(2,3)11(23)28-7-6-13(16,17)9-14(18,19)8-10(29(4,24)25)30(26,27)15(20,21)22;1-5-12(2,3)10(17)24-8-6-7-9-26(20,21)11(25(4,18)19)27(22,23)13(14,15)16;1-5-10(2,3)8(15)22-6-7-24(18,19)9(23(4,16)17)25(20,21)11(12,13)14;1-5-9(2,3)8(14)19-6-7(20(4,15)16)21(17,18)10(11,12)13/h5-9H2,1-4H3;5-9H2,1-4H3;5-7H2,1-4H3;5-6H2,1-4H3/q4*-1. The number of rotatable bonds is 35. The maximum atomic E-state index is 13.9. The molecule has 0 spiro atoms. The van der Waals surface area contributed by atoms with Crippen LogP contribution in [0.3, 0.4) is 0 Å². The van der Waals surface area contributed by atoms with E-state index in [1.54, 1.807) is 41.5 Å². The van der Waals surface area contributed by atoms with Gasteiger partial charge in [0.1, 0.15) is 26.3 Å². The molecule has 0 aliphatic heterocycles. The molecule has 28 nitrogen and oxygen atoms in total. The first-order chi connectivity index (χ1) is 44.7. The van der Waals surface area contributed by atoms with Crippen molar-refractivity contribution in [1.82, 2.24) is 0 Å². The monoisotopic (exact) mass is 1740 g/mol. The third-order valence-electron chi connectivity index (χ3n) is 13.5. The summed E-state index contributed by atoms with van der Waals surface area (Å²) in [5, 5.41) is 0. The molecule has 54 heteroatoms. The van der Waals surface area contributed by atoms with E-state index in [9.17, 15) is 174 Å². The van der Waals surface area contributed by atoms with Gasteiger partial charge in [0.05, 0.1) is 94.2 Å². The molecule has 0 aromatic carbocycles. The van der Waals surface area contributed by atoms with Gasteiger partial charge in [-0.25, -0.2) is 17.6 Å². The van der Waals surface area contributed by atoms with Crippen LogP contribution in [0.1, 0.15) is 141 Å². The number of halogens is 16. The van der Waals surface area contributed by atoms with Crippen molar-refractivity contribution in [3.63, 3.8) is 0 Å². The van der Waals surface area contributed by atoms with Crippen LogP contribution in [0.2, 0.25) is 0 Å². The zero-order valence-electron chi connectivity index (χ0n) is 57.2. The van der Waals surface area contributed by atoms with Crippen LogP contribution in [0.15, 0.2) is 0 Å². The van der Waals surface area contributed by atoms with E-state index in [1.807, 2.05) is 0 Å². The zero-order valence-corrected chi connectivity index (χ0v) is 65.3. The minimum Gasteiger partial charge on any atom is -0.496 e. The molecule has 618 valence electrons. The quantitative estimate of drug-likeness (QED) is 0.0193. The van der Waals surface area contributed by atoms with Crippen molar-refractivity contribution < 1.29 is 193 Å². The predicted molar refractivity (Wildman–Crippen MR) is 333 cm³/mol. The molecule has 0 saturated heterocycles. The van der Waals surface area contributed by atoms with Crippen molar-refractivity contribution in [3.8, 4) is 0 Å². The Kier molecular flexibility index (Phi) is 37.6. The van der Waals surface area contributed by atoms with Crippen molar-refractivity contribution in [2.75, 3.05) is 63.0 Å². The van der Waals surface area contributed by atoms with Gasteiger partial charge in [-0.1, -0.05) is 38.7 Å². The number of hydrogen-bond donors (Lipinski definition) is 0. The van der Waals surface area contributed by atoms with Crippen LogP contribution < -0.4 is 0 Å². The third kappa shape index (κ3) is 32.5. The molecule has 0 rings (SSSR count). The lowest BCUT2D eigenvalue weighted by Gasteiger charge is -2.34. The van der Waals surface area contributed by atoms with E-state index in [4.69, 9.17) is 4.74 Å². The molecule has 0 amide bonds. The molecule has 0 aromatic heterocycles. The van der Waals surface area contributed by atoms with Crippen LogP contribution in [-0.2, 0) is 136 Å². The third-order valence-corrected chi connectivity index (χ3v) is 36.4. The second-order valence-corrected chi connectivity index (χ2v) is 46.0. The summed E-state index contributed by atoms with van der Waals surface area (Å²) in [5.41, 5.74) is -28.1. The van der Waals surface area contributed by atoms with Crippen LogP contribution in [-0.4, -0.2) is 205 Å². The van der Waals surface area contributed by atoms with Crippen molar-refractivity contribution in [3.05, 3.63) is 17.0 Å². The van der Waals surface area contributed by atoms with Gasteiger partial charge in [-0.2, -0.15) is 52.7 Å². The summed E-state index contributed by atoms with van der Waals surface area (Å²) in [6, 6.07) is 0. The Bertz CT molecular complexity index is 4110. The highest BCUT2D eigenvalue weighted by molar-refractivity contribution is 8.29. The van der Waals surface area contributed by atoms with Crippen molar-refractivity contribution >= 4 is 122 Å². The first kappa shape index (κ1) is 106. The Hall–Kier alpha value is -3.74. The number of carbonyl (C=O) groups is 4. The molecule has 0 bridgehead atoms. The summed E-state index contributed by atoms with van der Waals surface area (Å²) in [6.07, 6.45) is -5.34. The lowest BCUT2D eigenvalue weighted by atomic mass is 9.91. The highest BCUT2D eigenvalue weighted by atomic mass is 32.3. The topological polar surface area (TPSA) is 447 Å². The number of esters is 4. The minimum absolute atomic E-state index is 0.0232. The number of unbranched alkanes of at least 4 members (excludes halogenated alkanes) is 1. The molecule has 0 radical (unpaired) electrons. The van der Waals surface area contributed by atoms with Crippen LogP contribution in [0.4, 0.5) is 70.2 Å². The Morgan fingerprint density at radius 3 is 0.854 bits per heavy atom. The van der Waals surface area contributed by atoms with E-state index in [1.165, 1.54) is 41.5 Å². The number of sulfone groups is 10. The highest BCUT2D eigenvalue weighted by Crippen LogP contribution is 2.45. The Morgan fingerprint density at radius 1 is 0.320 bits per heavy atom. The van der Waals surface area contributed by atoms with Crippen molar-refractivity contribution in [1.29, 1.82) is 0 Å². The maximum absolute atomic E-state index is 13.9. The van der Waals surface area contributed by atoms with Gasteiger partial charge in [-0.3, -0.25) is 103 Å². The molecule has 0 heterocycles. The highest BCUT2D eigenvalue weighted by Gasteiger charge is 2.54. The molecule has 0 unspecified atom stereocenters. The second kappa shape index (κ2) is 36.6. The summed E-state index contributed by atoms with van der Waals surface area (Å²) in [4.78, 5) is 46.6. The summed E-state index contributed by atoms with van der Waals surface area (Å²) in [7, 11) is -57.2. The van der Waals surface area contributed by atoms with Gasteiger partial charge in [0.15, 0.2) is 19.7 Å². The Balaban J connectivity index is -0.000000639.